The molecule has 0 aliphatic heterocycles. The van der Waals surface area contributed by atoms with E-state index in [2.05, 4.69) is 48.0 Å². The summed E-state index contributed by atoms with van der Waals surface area (Å²) in [7, 11) is 0. The zero-order chi connectivity index (χ0) is 15.1. The number of aryl methyl sites for hydroxylation is 2. The van der Waals surface area contributed by atoms with E-state index in [1.807, 2.05) is 0 Å². The van der Waals surface area contributed by atoms with Crippen molar-refractivity contribution in [3.05, 3.63) is 29.1 Å². The van der Waals surface area contributed by atoms with Crippen LogP contribution in [-0.2, 0) is 13.0 Å². The Morgan fingerprint density at radius 3 is 2.81 bits per heavy atom. The molecular weight excluding hydrogens is 258 g/mol. The van der Waals surface area contributed by atoms with Crippen LogP contribution in [0.1, 0.15) is 63.8 Å². The quantitative estimate of drug-likeness (QED) is 0.733. The van der Waals surface area contributed by atoms with Crippen LogP contribution in [0.2, 0.25) is 0 Å². The molecule has 1 N–H and O–H groups in total. The molecule has 1 unspecified atom stereocenters. The second kappa shape index (κ2) is 8.38. The van der Waals surface area contributed by atoms with Crippen molar-refractivity contribution < 1.29 is 0 Å². The largest absolute Gasteiger partial charge is 0.313 e. The number of nitrogens with one attached hydrogen (secondary N) is 1. The van der Waals surface area contributed by atoms with Crippen molar-refractivity contribution in [2.75, 3.05) is 6.54 Å². The van der Waals surface area contributed by atoms with Gasteiger partial charge in [0.15, 0.2) is 0 Å². The second-order valence-electron chi connectivity index (χ2n) is 6.26. The molecule has 0 radical (unpaired) electrons. The fraction of sp³-hybridized carbons (Fsp3) is 0.722. The summed E-state index contributed by atoms with van der Waals surface area (Å²) in [6.45, 7) is 8.58. The Labute approximate surface area is 129 Å². The molecule has 3 heteroatoms. The first-order chi connectivity index (χ1) is 10.2. The molecule has 0 amide bonds. The lowest BCUT2D eigenvalue weighted by molar-refractivity contribution is 0.472. The monoisotopic (exact) mass is 289 g/mol. The van der Waals surface area contributed by atoms with E-state index in [4.69, 9.17) is 0 Å². The molecule has 0 saturated heterocycles. The molecule has 1 aromatic rings. The van der Waals surface area contributed by atoms with Gasteiger partial charge in [0.1, 0.15) is 0 Å². The van der Waals surface area contributed by atoms with Crippen LogP contribution in [0.25, 0.3) is 0 Å². The van der Waals surface area contributed by atoms with E-state index in [9.17, 15) is 0 Å². The molecule has 0 spiro atoms. The predicted molar refractivity (Wildman–Crippen MR) is 89.6 cm³/mol. The Morgan fingerprint density at radius 1 is 1.29 bits per heavy atom. The van der Waals surface area contributed by atoms with Crippen molar-refractivity contribution in [2.45, 2.75) is 78.3 Å². The van der Waals surface area contributed by atoms with Gasteiger partial charge in [-0.25, -0.2) is 0 Å². The lowest BCUT2D eigenvalue weighted by Crippen LogP contribution is -2.33. The standard InChI is InChI=1S/C18H31N3/c1-4-11-19-17(13-16-9-7-6-8-10-16)14-18-12-15(3)20-21(18)5-2/h9,12,17,19H,4-8,10-11,13-14H2,1-3H3. The van der Waals surface area contributed by atoms with Gasteiger partial charge in [-0.05, 0) is 65.0 Å². The fourth-order valence-electron chi connectivity index (χ4n) is 3.26. The van der Waals surface area contributed by atoms with Crippen LogP contribution < -0.4 is 5.32 Å². The molecule has 1 aromatic heterocycles. The summed E-state index contributed by atoms with van der Waals surface area (Å²) in [5.41, 5.74) is 4.17. The van der Waals surface area contributed by atoms with Gasteiger partial charge in [0, 0.05) is 24.7 Å². The molecule has 118 valence electrons. The van der Waals surface area contributed by atoms with E-state index in [1.54, 1.807) is 5.57 Å². The van der Waals surface area contributed by atoms with Crippen molar-refractivity contribution in [3.8, 4) is 0 Å². The van der Waals surface area contributed by atoms with Crippen molar-refractivity contribution in [1.82, 2.24) is 15.1 Å². The molecule has 1 atom stereocenters. The molecule has 1 aliphatic carbocycles. The van der Waals surface area contributed by atoms with Crippen LogP contribution in [0.3, 0.4) is 0 Å². The molecule has 0 bridgehead atoms. The third kappa shape index (κ3) is 4.99. The number of aromatic nitrogens is 2. The molecule has 1 aliphatic rings. The summed E-state index contributed by atoms with van der Waals surface area (Å²) in [6.07, 6.45) is 11.3. The van der Waals surface area contributed by atoms with Gasteiger partial charge in [-0.2, -0.15) is 5.10 Å². The third-order valence-corrected chi connectivity index (χ3v) is 4.32. The Balaban J connectivity index is 2.02. The molecule has 21 heavy (non-hydrogen) atoms. The minimum atomic E-state index is 0.552. The summed E-state index contributed by atoms with van der Waals surface area (Å²) >= 11 is 0. The first-order valence-corrected chi connectivity index (χ1v) is 8.67. The maximum Gasteiger partial charge on any atom is 0.0596 e. The topological polar surface area (TPSA) is 29.9 Å². The van der Waals surface area contributed by atoms with E-state index in [0.29, 0.717) is 6.04 Å². The summed E-state index contributed by atoms with van der Waals surface area (Å²) < 4.78 is 2.16. The zero-order valence-electron chi connectivity index (χ0n) is 14.0. The highest BCUT2D eigenvalue weighted by Gasteiger charge is 2.15. The molecule has 1 heterocycles. The zero-order valence-corrected chi connectivity index (χ0v) is 14.0. The van der Waals surface area contributed by atoms with Crippen LogP contribution in [0.5, 0.6) is 0 Å². The Kier molecular flexibility index (Phi) is 6.50. The normalized spacial score (nSPS) is 16.8. The average Bonchev–Trinajstić information content (AvgIpc) is 2.85. The first-order valence-electron chi connectivity index (χ1n) is 8.67. The third-order valence-electron chi connectivity index (χ3n) is 4.32. The van der Waals surface area contributed by atoms with Gasteiger partial charge in [-0.1, -0.05) is 18.6 Å². The van der Waals surface area contributed by atoms with Gasteiger partial charge in [-0.3, -0.25) is 4.68 Å². The van der Waals surface area contributed by atoms with Gasteiger partial charge >= 0.3 is 0 Å². The van der Waals surface area contributed by atoms with E-state index in [0.717, 1.165) is 25.2 Å². The highest BCUT2D eigenvalue weighted by Crippen LogP contribution is 2.22. The number of rotatable bonds is 8. The Hall–Kier alpha value is -1.09. The lowest BCUT2D eigenvalue weighted by atomic mass is 9.92. The van der Waals surface area contributed by atoms with Crippen LogP contribution >= 0.6 is 0 Å². The highest BCUT2D eigenvalue weighted by molar-refractivity contribution is 5.13. The SMILES string of the molecule is CCCNC(CC1=CCCCC1)Cc1cc(C)nn1CC. The first kappa shape index (κ1) is 16.3. The molecule has 0 aromatic carbocycles. The van der Waals surface area contributed by atoms with Gasteiger partial charge in [0.25, 0.3) is 0 Å². The predicted octanol–water partition coefficient (Wildman–Crippen LogP) is 4.01. The van der Waals surface area contributed by atoms with E-state index in [-0.39, 0.29) is 0 Å². The fourth-order valence-corrected chi connectivity index (χ4v) is 3.26. The van der Waals surface area contributed by atoms with Crippen molar-refractivity contribution in [1.29, 1.82) is 0 Å². The van der Waals surface area contributed by atoms with Gasteiger partial charge < -0.3 is 5.32 Å². The van der Waals surface area contributed by atoms with Crippen molar-refractivity contribution >= 4 is 0 Å². The van der Waals surface area contributed by atoms with Crippen molar-refractivity contribution in [2.24, 2.45) is 0 Å². The maximum absolute atomic E-state index is 4.58. The average molecular weight is 289 g/mol. The van der Waals surface area contributed by atoms with Crippen LogP contribution in [0.15, 0.2) is 17.7 Å². The highest BCUT2D eigenvalue weighted by atomic mass is 15.3. The Bertz CT molecular complexity index is 459. The van der Waals surface area contributed by atoms with Crippen LogP contribution in [0, 0.1) is 6.92 Å². The van der Waals surface area contributed by atoms with Gasteiger partial charge in [0.05, 0.1) is 5.69 Å². The summed E-state index contributed by atoms with van der Waals surface area (Å²) in [5, 5.41) is 8.33. The molecule has 2 rings (SSSR count). The number of allylic oxidation sites excluding steroid dienone is 1. The lowest BCUT2D eigenvalue weighted by Gasteiger charge is -2.22. The number of hydrogen-bond donors (Lipinski definition) is 1. The molecule has 0 saturated carbocycles. The summed E-state index contributed by atoms with van der Waals surface area (Å²) in [5.74, 6) is 0. The van der Waals surface area contributed by atoms with Gasteiger partial charge in [0.2, 0.25) is 0 Å². The molecular formula is C18H31N3. The number of nitrogens with zero attached hydrogens (tertiary/aromatic N) is 2. The van der Waals surface area contributed by atoms with E-state index >= 15 is 0 Å². The molecule has 3 nitrogen and oxygen atoms in total. The van der Waals surface area contributed by atoms with Gasteiger partial charge in [-0.15, -0.1) is 0 Å². The molecule has 0 fully saturated rings. The minimum Gasteiger partial charge on any atom is -0.313 e. The van der Waals surface area contributed by atoms with Crippen LogP contribution in [0.4, 0.5) is 0 Å². The van der Waals surface area contributed by atoms with Crippen molar-refractivity contribution in [3.63, 3.8) is 0 Å². The summed E-state index contributed by atoms with van der Waals surface area (Å²) in [6, 6.07) is 2.80. The summed E-state index contributed by atoms with van der Waals surface area (Å²) in [4.78, 5) is 0. The smallest absolute Gasteiger partial charge is 0.0596 e. The van der Waals surface area contributed by atoms with E-state index in [1.165, 1.54) is 44.2 Å². The maximum atomic E-state index is 4.58. The minimum absolute atomic E-state index is 0.552. The Morgan fingerprint density at radius 2 is 2.14 bits per heavy atom. The number of hydrogen-bond acceptors (Lipinski definition) is 2. The van der Waals surface area contributed by atoms with E-state index < -0.39 is 0 Å². The van der Waals surface area contributed by atoms with Crippen LogP contribution in [-0.4, -0.2) is 22.4 Å². The second-order valence-corrected chi connectivity index (χ2v) is 6.26.